The molecule has 0 fully saturated rings. The van der Waals surface area contributed by atoms with E-state index < -0.39 is 0 Å². The number of aromatic hydroxyl groups is 1. The van der Waals surface area contributed by atoms with E-state index in [1.54, 1.807) is 6.07 Å². The first-order chi connectivity index (χ1) is 16.3. The highest BCUT2D eigenvalue weighted by atomic mass is 16.5. The summed E-state index contributed by atoms with van der Waals surface area (Å²) in [5.41, 5.74) is 3.45. The number of ether oxygens (including phenoxy) is 2. The van der Waals surface area contributed by atoms with Crippen molar-refractivity contribution in [3.8, 4) is 17.2 Å². The van der Waals surface area contributed by atoms with Crippen molar-refractivity contribution in [3.63, 3.8) is 0 Å². The van der Waals surface area contributed by atoms with E-state index in [9.17, 15) is 9.90 Å². The summed E-state index contributed by atoms with van der Waals surface area (Å²) >= 11 is 0. The minimum atomic E-state index is -0.168. The van der Waals surface area contributed by atoms with Crippen LogP contribution in [0, 0.1) is 11.8 Å². The average molecular weight is 469 g/mol. The van der Waals surface area contributed by atoms with E-state index in [0.717, 1.165) is 18.5 Å². The van der Waals surface area contributed by atoms with Gasteiger partial charge >= 0.3 is 0 Å². The van der Waals surface area contributed by atoms with Crippen LogP contribution in [0.4, 0.5) is 0 Å². The number of phenolic OH excluding ortho intramolecular Hbond substituents is 1. The van der Waals surface area contributed by atoms with Crippen molar-refractivity contribution in [2.45, 2.75) is 60.0 Å². The van der Waals surface area contributed by atoms with E-state index >= 15 is 0 Å². The number of phenols is 1. The molecule has 1 aliphatic heterocycles. The number of hydrogen-bond donors (Lipinski definition) is 2. The molecular formula is C28H40N2O4. The fourth-order valence-electron chi connectivity index (χ4n) is 4.38. The van der Waals surface area contributed by atoms with Crippen molar-refractivity contribution < 1.29 is 19.4 Å². The zero-order valence-electron chi connectivity index (χ0n) is 21.3. The molecule has 6 heteroatoms. The van der Waals surface area contributed by atoms with Crippen LogP contribution in [0.15, 0.2) is 36.4 Å². The van der Waals surface area contributed by atoms with Crippen molar-refractivity contribution >= 4 is 5.91 Å². The molecule has 0 bridgehead atoms. The predicted octanol–water partition coefficient (Wildman–Crippen LogP) is 5.09. The highest BCUT2D eigenvalue weighted by Gasteiger charge is 2.23. The molecule has 0 radical (unpaired) electrons. The first kappa shape index (κ1) is 25.9. The Morgan fingerprint density at radius 1 is 1.09 bits per heavy atom. The van der Waals surface area contributed by atoms with Crippen LogP contribution in [0.25, 0.3) is 0 Å². The van der Waals surface area contributed by atoms with Gasteiger partial charge in [0.2, 0.25) is 11.7 Å². The second kappa shape index (κ2) is 12.1. The molecule has 0 saturated carbocycles. The monoisotopic (exact) mass is 468 g/mol. The van der Waals surface area contributed by atoms with Crippen LogP contribution >= 0.6 is 0 Å². The van der Waals surface area contributed by atoms with Gasteiger partial charge in [-0.2, -0.15) is 0 Å². The molecule has 0 aliphatic carbocycles. The zero-order valence-corrected chi connectivity index (χ0v) is 21.3. The molecule has 3 rings (SSSR count). The van der Waals surface area contributed by atoms with Gasteiger partial charge in [0.1, 0.15) is 0 Å². The van der Waals surface area contributed by atoms with Crippen LogP contribution in [-0.4, -0.2) is 42.2 Å². The van der Waals surface area contributed by atoms with Crippen molar-refractivity contribution in [2.24, 2.45) is 11.8 Å². The van der Waals surface area contributed by atoms with Crippen LogP contribution in [0.1, 0.15) is 63.6 Å². The lowest BCUT2D eigenvalue weighted by molar-refractivity contribution is -0.136. The van der Waals surface area contributed by atoms with Gasteiger partial charge < -0.3 is 24.8 Å². The predicted molar refractivity (Wildman–Crippen MR) is 135 cm³/mol. The molecule has 1 amide bonds. The molecule has 2 N–H and O–H groups in total. The Bertz CT molecular complexity index is 957. The number of amides is 1. The number of benzene rings is 2. The molecule has 34 heavy (non-hydrogen) atoms. The number of rotatable bonds is 10. The quantitative estimate of drug-likeness (QED) is 0.508. The number of carbonyl (C=O) groups is 1. The lowest BCUT2D eigenvalue weighted by atomic mass is 9.97. The Kier molecular flexibility index (Phi) is 9.22. The van der Waals surface area contributed by atoms with Gasteiger partial charge in [-0.25, -0.2) is 0 Å². The van der Waals surface area contributed by atoms with E-state index in [1.807, 2.05) is 17.9 Å². The van der Waals surface area contributed by atoms with Gasteiger partial charge in [-0.15, -0.1) is 0 Å². The Balaban J connectivity index is 1.66. The molecule has 0 aromatic heterocycles. The van der Waals surface area contributed by atoms with Crippen LogP contribution < -0.4 is 14.8 Å². The largest absolute Gasteiger partial charge is 0.504 e. The summed E-state index contributed by atoms with van der Waals surface area (Å²) in [5.74, 6) is 1.72. The lowest BCUT2D eigenvalue weighted by Gasteiger charge is -2.28. The third-order valence-electron chi connectivity index (χ3n) is 6.02. The third kappa shape index (κ3) is 6.89. The fourth-order valence-corrected chi connectivity index (χ4v) is 4.38. The molecule has 0 saturated heterocycles. The molecule has 0 spiro atoms. The highest BCUT2D eigenvalue weighted by molar-refractivity contribution is 5.78. The smallest absolute Gasteiger partial charge is 0.226 e. The summed E-state index contributed by atoms with van der Waals surface area (Å²) in [6, 6.07) is 12.0. The molecule has 2 aromatic carbocycles. The molecule has 1 unspecified atom stereocenters. The van der Waals surface area contributed by atoms with Crippen LogP contribution in [0.2, 0.25) is 0 Å². The van der Waals surface area contributed by atoms with Crippen molar-refractivity contribution in [1.29, 1.82) is 0 Å². The maximum absolute atomic E-state index is 13.4. The second-order valence-electron chi connectivity index (χ2n) is 9.99. The Labute approximate surface area is 204 Å². The first-order valence-electron chi connectivity index (χ1n) is 12.4. The van der Waals surface area contributed by atoms with E-state index in [2.05, 4.69) is 57.3 Å². The second-order valence-corrected chi connectivity index (χ2v) is 9.99. The SMILES string of the molecule is CC(C)CN(Cc1cc(O)c2c(c1)OCCCO2)C(=O)C(C)CNCc1ccccc1C(C)C. The Morgan fingerprint density at radius 2 is 1.82 bits per heavy atom. The topological polar surface area (TPSA) is 71.0 Å². The summed E-state index contributed by atoms with van der Waals surface area (Å²) in [4.78, 5) is 15.3. The Morgan fingerprint density at radius 3 is 2.56 bits per heavy atom. The van der Waals surface area contributed by atoms with Gasteiger partial charge in [0, 0.05) is 38.5 Å². The molecular weight excluding hydrogens is 428 g/mol. The van der Waals surface area contributed by atoms with Crippen molar-refractivity contribution in [3.05, 3.63) is 53.1 Å². The van der Waals surface area contributed by atoms with Gasteiger partial charge in [-0.3, -0.25) is 4.79 Å². The summed E-state index contributed by atoms with van der Waals surface area (Å²) in [6.45, 7) is 14.1. The van der Waals surface area contributed by atoms with Crippen molar-refractivity contribution in [2.75, 3.05) is 26.3 Å². The van der Waals surface area contributed by atoms with Crippen LogP contribution in [-0.2, 0) is 17.9 Å². The minimum Gasteiger partial charge on any atom is -0.504 e. The molecule has 2 aromatic rings. The number of nitrogens with zero attached hydrogens (tertiary/aromatic N) is 1. The Hall–Kier alpha value is -2.73. The molecule has 1 atom stereocenters. The maximum atomic E-state index is 13.4. The number of nitrogens with one attached hydrogen (secondary N) is 1. The van der Waals surface area contributed by atoms with E-state index in [-0.39, 0.29) is 17.6 Å². The molecule has 1 aliphatic rings. The standard InChI is InChI=1S/C28H40N2O4/c1-19(2)17-30(18-22-13-25(31)27-26(14-22)33-11-8-12-34-27)28(32)21(5)15-29-16-23-9-6-7-10-24(23)20(3)4/h6-7,9-10,13-14,19-21,29,31H,8,11-12,15-18H2,1-5H3. The van der Waals surface area contributed by atoms with E-state index in [1.165, 1.54) is 11.1 Å². The van der Waals surface area contributed by atoms with Gasteiger partial charge in [0.25, 0.3) is 0 Å². The summed E-state index contributed by atoms with van der Waals surface area (Å²) in [5, 5.41) is 14.0. The lowest BCUT2D eigenvalue weighted by Crippen LogP contribution is -2.40. The molecule has 1 heterocycles. The average Bonchev–Trinajstić information content (AvgIpc) is 3.04. The minimum absolute atomic E-state index is 0.0601. The summed E-state index contributed by atoms with van der Waals surface area (Å²) < 4.78 is 11.4. The number of carbonyl (C=O) groups excluding carboxylic acids is 1. The van der Waals surface area contributed by atoms with E-state index in [0.29, 0.717) is 56.2 Å². The third-order valence-corrected chi connectivity index (χ3v) is 6.02. The number of hydrogen-bond acceptors (Lipinski definition) is 5. The summed E-state index contributed by atoms with van der Waals surface area (Å²) in [6.07, 6.45) is 0.771. The maximum Gasteiger partial charge on any atom is 0.226 e. The van der Waals surface area contributed by atoms with Gasteiger partial charge in [0.15, 0.2) is 11.5 Å². The fraction of sp³-hybridized carbons (Fsp3) is 0.536. The van der Waals surface area contributed by atoms with Gasteiger partial charge in [-0.05, 0) is 40.7 Å². The van der Waals surface area contributed by atoms with Gasteiger partial charge in [-0.1, -0.05) is 58.9 Å². The van der Waals surface area contributed by atoms with Crippen molar-refractivity contribution in [1.82, 2.24) is 10.2 Å². The zero-order chi connectivity index (χ0) is 24.7. The molecule has 6 nitrogen and oxygen atoms in total. The van der Waals surface area contributed by atoms with Crippen LogP contribution in [0.5, 0.6) is 17.2 Å². The molecule has 186 valence electrons. The summed E-state index contributed by atoms with van der Waals surface area (Å²) in [7, 11) is 0. The normalized spacial score (nSPS) is 14.2. The van der Waals surface area contributed by atoms with Crippen LogP contribution in [0.3, 0.4) is 0 Å². The first-order valence-corrected chi connectivity index (χ1v) is 12.4. The number of fused-ring (bicyclic) bond motifs is 1. The van der Waals surface area contributed by atoms with E-state index in [4.69, 9.17) is 9.47 Å². The highest BCUT2D eigenvalue weighted by Crippen LogP contribution is 2.39. The van der Waals surface area contributed by atoms with Gasteiger partial charge in [0.05, 0.1) is 13.2 Å².